The number of likely N-dealkylation sites (tertiary alicyclic amines) is 1. The van der Waals surface area contributed by atoms with E-state index in [9.17, 15) is 22.8 Å². The van der Waals surface area contributed by atoms with E-state index in [2.05, 4.69) is 0 Å². The molecule has 1 fully saturated rings. The van der Waals surface area contributed by atoms with Gasteiger partial charge in [-0.25, -0.2) is 0 Å². The molecule has 1 aliphatic heterocycles. The third-order valence-corrected chi connectivity index (χ3v) is 4.29. The lowest BCUT2D eigenvalue weighted by Gasteiger charge is -2.26. The Balaban J connectivity index is 1.90. The number of pyridine rings is 1. The lowest BCUT2D eigenvalue weighted by Crippen LogP contribution is -2.46. The van der Waals surface area contributed by atoms with E-state index in [-0.39, 0.29) is 24.0 Å². The van der Waals surface area contributed by atoms with E-state index in [1.54, 1.807) is 24.3 Å². The van der Waals surface area contributed by atoms with Gasteiger partial charge in [0.1, 0.15) is 12.6 Å². The van der Waals surface area contributed by atoms with Crippen LogP contribution in [0.1, 0.15) is 12.8 Å². The highest BCUT2D eigenvalue weighted by molar-refractivity contribution is 5.92. The fourth-order valence-corrected chi connectivity index (χ4v) is 3.12. The Morgan fingerprint density at radius 1 is 1.29 bits per heavy atom. The van der Waals surface area contributed by atoms with Gasteiger partial charge in [-0.3, -0.25) is 9.59 Å². The van der Waals surface area contributed by atoms with Crippen molar-refractivity contribution in [3.05, 3.63) is 40.8 Å². The first-order valence-corrected chi connectivity index (χ1v) is 7.53. The Labute approximate surface area is 135 Å². The molecule has 0 radical (unpaired) electrons. The summed E-state index contributed by atoms with van der Waals surface area (Å²) in [7, 11) is 0. The Kier molecular flexibility index (Phi) is 3.98. The van der Waals surface area contributed by atoms with E-state index >= 15 is 0 Å². The van der Waals surface area contributed by atoms with Crippen LogP contribution in [0.25, 0.3) is 10.8 Å². The van der Waals surface area contributed by atoms with E-state index in [1.165, 1.54) is 6.20 Å². The first kappa shape index (κ1) is 16.4. The molecule has 1 amide bonds. The zero-order valence-corrected chi connectivity index (χ0v) is 12.7. The third-order valence-electron chi connectivity index (χ3n) is 4.29. The van der Waals surface area contributed by atoms with Crippen molar-refractivity contribution in [2.75, 3.05) is 12.3 Å². The molecule has 1 aromatic carbocycles. The van der Waals surface area contributed by atoms with Gasteiger partial charge in [-0.05, 0) is 30.4 Å². The van der Waals surface area contributed by atoms with Crippen molar-refractivity contribution >= 4 is 22.4 Å². The van der Waals surface area contributed by atoms with Gasteiger partial charge in [-0.1, -0.05) is 12.1 Å². The molecule has 2 N–H and O–H groups in total. The molecule has 3 rings (SSSR count). The Morgan fingerprint density at radius 3 is 2.75 bits per heavy atom. The van der Waals surface area contributed by atoms with Gasteiger partial charge in [0.15, 0.2) is 0 Å². The van der Waals surface area contributed by atoms with Crippen molar-refractivity contribution in [1.82, 2.24) is 9.47 Å². The molecule has 24 heavy (non-hydrogen) atoms. The monoisotopic (exact) mass is 339 g/mol. The molecule has 0 unspecified atom stereocenters. The van der Waals surface area contributed by atoms with Crippen LogP contribution in [0.2, 0.25) is 0 Å². The summed E-state index contributed by atoms with van der Waals surface area (Å²) < 4.78 is 40.0. The summed E-state index contributed by atoms with van der Waals surface area (Å²) in [5, 5.41) is 0.889. The van der Waals surface area contributed by atoms with Crippen LogP contribution in [-0.4, -0.2) is 34.1 Å². The normalized spacial score (nSPS) is 18.3. The zero-order valence-electron chi connectivity index (χ0n) is 12.7. The minimum Gasteiger partial charge on any atom is -0.398 e. The van der Waals surface area contributed by atoms with Crippen LogP contribution in [0, 0.1) is 0 Å². The van der Waals surface area contributed by atoms with Crippen LogP contribution in [0.4, 0.5) is 18.9 Å². The average molecular weight is 339 g/mol. The predicted molar refractivity (Wildman–Crippen MR) is 83.4 cm³/mol. The number of nitrogens with zero attached hydrogens (tertiary/aromatic N) is 2. The first-order chi connectivity index (χ1) is 11.3. The molecule has 0 aliphatic carbocycles. The summed E-state index contributed by atoms with van der Waals surface area (Å²) >= 11 is 0. The quantitative estimate of drug-likeness (QED) is 0.853. The average Bonchev–Trinajstić information content (AvgIpc) is 3.00. The fraction of sp³-hybridized carbons (Fsp3) is 0.375. The molecule has 1 aromatic heterocycles. The summed E-state index contributed by atoms with van der Waals surface area (Å²) in [6, 6.07) is 4.82. The van der Waals surface area contributed by atoms with Crippen molar-refractivity contribution in [2.45, 2.75) is 31.6 Å². The number of amides is 1. The number of alkyl halides is 3. The molecule has 2 heterocycles. The molecule has 8 heteroatoms. The maximum Gasteiger partial charge on any atom is 0.408 e. The van der Waals surface area contributed by atoms with Gasteiger partial charge in [0.05, 0.1) is 5.39 Å². The van der Waals surface area contributed by atoms with Gasteiger partial charge in [0, 0.05) is 18.4 Å². The highest BCUT2D eigenvalue weighted by atomic mass is 19.4. The number of nitrogen functional groups attached to an aromatic ring is 1. The number of hydrogen-bond donors (Lipinski definition) is 1. The number of nitrogens with two attached hydrogens (primary N) is 1. The van der Waals surface area contributed by atoms with Gasteiger partial charge < -0.3 is 15.2 Å². The van der Waals surface area contributed by atoms with Gasteiger partial charge in [-0.15, -0.1) is 0 Å². The van der Waals surface area contributed by atoms with E-state index in [4.69, 9.17) is 5.73 Å². The lowest BCUT2D eigenvalue weighted by atomic mass is 10.1. The second kappa shape index (κ2) is 5.85. The molecule has 5 nitrogen and oxygen atoms in total. The Hall–Kier alpha value is -2.51. The fourth-order valence-electron chi connectivity index (χ4n) is 3.12. The Bertz CT molecular complexity index is 845. The number of rotatable bonds is 2. The number of hydrogen-bond acceptors (Lipinski definition) is 3. The summed E-state index contributed by atoms with van der Waals surface area (Å²) in [6.07, 6.45) is -2.85. The number of aromatic nitrogens is 1. The van der Waals surface area contributed by atoms with Crippen molar-refractivity contribution in [2.24, 2.45) is 0 Å². The zero-order chi connectivity index (χ0) is 17.5. The topological polar surface area (TPSA) is 68.3 Å². The van der Waals surface area contributed by atoms with Gasteiger partial charge in [-0.2, -0.15) is 13.2 Å². The van der Waals surface area contributed by atoms with Crippen LogP contribution in [-0.2, 0) is 11.3 Å². The summed E-state index contributed by atoms with van der Waals surface area (Å²) in [5.74, 6) is -0.717. The SMILES string of the molecule is Nc1cccc2ccn(CC(=O)N3CCC[C@H]3C(F)(F)F)c(=O)c12. The predicted octanol–water partition coefficient (Wildman–Crippen LogP) is 2.14. The summed E-state index contributed by atoms with van der Waals surface area (Å²) in [5.41, 5.74) is 5.59. The number of fused-ring (bicyclic) bond motifs is 1. The van der Waals surface area contributed by atoms with Crippen LogP contribution in [0.3, 0.4) is 0 Å². The second-order valence-electron chi connectivity index (χ2n) is 5.85. The van der Waals surface area contributed by atoms with Gasteiger partial charge >= 0.3 is 6.18 Å². The molecule has 2 aromatic rings. The Morgan fingerprint density at radius 2 is 2.04 bits per heavy atom. The first-order valence-electron chi connectivity index (χ1n) is 7.53. The maximum absolute atomic E-state index is 13.0. The van der Waals surface area contributed by atoms with Crippen LogP contribution < -0.4 is 11.3 Å². The molecular formula is C16H16F3N3O2. The highest BCUT2D eigenvalue weighted by Gasteiger charge is 2.47. The van der Waals surface area contributed by atoms with Gasteiger partial charge in [0.2, 0.25) is 5.91 Å². The number of anilines is 1. The number of benzene rings is 1. The molecule has 128 valence electrons. The standard InChI is InChI=1S/C16H16F3N3O2/c17-16(18,19)12-5-2-7-22(12)13(23)9-21-8-6-10-3-1-4-11(20)14(10)15(21)24/h1,3-4,6,8,12H,2,5,7,9,20H2/t12-/m0/s1. The molecule has 1 saturated heterocycles. The largest absolute Gasteiger partial charge is 0.408 e. The van der Waals surface area contributed by atoms with Crippen LogP contribution >= 0.6 is 0 Å². The number of carbonyl (C=O) groups excluding carboxylic acids is 1. The molecular weight excluding hydrogens is 323 g/mol. The third kappa shape index (κ3) is 2.83. The molecule has 0 saturated carbocycles. The second-order valence-corrected chi connectivity index (χ2v) is 5.85. The molecule has 0 bridgehead atoms. The highest BCUT2D eigenvalue weighted by Crippen LogP contribution is 2.32. The number of carbonyl (C=O) groups is 1. The molecule has 1 aliphatic rings. The van der Waals surface area contributed by atoms with Crippen molar-refractivity contribution in [3.8, 4) is 0 Å². The van der Waals surface area contributed by atoms with Gasteiger partial charge in [0.25, 0.3) is 5.56 Å². The van der Waals surface area contributed by atoms with Crippen LogP contribution in [0.5, 0.6) is 0 Å². The smallest absolute Gasteiger partial charge is 0.398 e. The number of halogens is 3. The lowest BCUT2D eigenvalue weighted by molar-refractivity contribution is -0.183. The van der Waals surface area contributed by atoms with E-state index in [1.807, 2.05) is 0 Å². The van der Waals surface area contributed by atoms with Crippen LogP contribution in [0.15, 0.2) is 35.3 Å². The van der Waals surface area contributed by atoms with Crippen molar-refractivity contribution < 1.29 is 18.0 Å². The van der Waals surface area contributed by atoms with E-state index in [0.717, 1.165) is 9.47 Å². The van der Waals surface area contributed by atoms with E-state index in [0.29, 0.717) is 11.8 Å². The van der Waals surface area contributed by atoms with Crippen molar-refractivity contribution in [3.63, 3.8) is 0 Å². The minimum atomic E-state index is -4.45. The summed E-state index contributed by atoms with van der Waals surface area (Å²) in [4.78, 5) is 25.6. The maximum atomic E-state index is 13.0. The minimum absolute atomic E-state index is 0.0491. The summed E-state index contributed by atoms with van der Waals surface area (Å²) in [6.45, 7) is -0.386. The molecule has 0 spiro atoms. The van der Waals surface area contributed by atoms with Crippen molar-refractivity contribution in [1.29, 1.82) is 0 Å². The molecule has 1 atom stereocenters. The van der Waals surface area contributed by atoms with E-state index < -0.39 is 30.2 Å².